The van der Waals surface area contributed by atoms with Crippen LogP contribution >= 0.6 is 15.9 Å². The average molecular weight is 270 g/mol. The van der Waals surface area contributed by atoms with Crippen LogP contribution in [-0.4, -0.2) is 18.1 Å². The molecule has 1 heterocycles. The highest BCUT2D eigenvalue weighted by atomic mass is 79.9. The number of hydrogen-bond donors (Lipinski definition) is 0. The van der Waals surface area contributed by atoms with Gasteiger partial charge in [-0.3, -0.25) is 0 Å². The van der Waals surface area contributed by atoms with E-state index in [1.54, 1.807) is 6.07 Å². The molecular weight excluding hydrogens is 258 g/mol. The van der Waals surface area contributed by atoms with Crippen molar-refractivity contribution in [1.29, 1.82) is 0 Å². The lowest BCUT2D eigenvalue weighted by molar-refractivity contribution is 0.0599. The van der Waals surface area contributed by atoms with Gasteiger partial charge in [0, 0.05) is 5.69 Å². The number of rotatable bonds is 1. The number of hydrogen-bond acceptors (Lipinski definition) is 3. The van der Waals surface area contributed by atoms with Gasteiger partial charge in [0.25, 0.3) is 0 Å². The van der Waals surface area contributed by atoms with E-state index < -0.39 is 0 Å². The number of halogens is 1. The van der Waals surface area contributed by atoms with Crippen LogP contribution in [0.1, 0.15) is 34.5 Å². The van der Waals surface area contributed by atoms with Crippen LogP contribution in [0, 0.1) is 0 Å². The number of carbonyl (C=O) groups is 1. The first kappa shape index (κ1) is 10.6. The maximum atomic E-state index is 11.6. The topological polar surface area (TPSA) is 39.2 Å². The van der Waals surface area contributed by atoms with Gasteiger partial charge < -0.3 is 4.74 Å². The lowest BCUT2D eigenvalue weighted by Crippen LogP contribution is -2.13. The van der Waals surface area contributed by atoms with Crippen LogP contribution in [0.15, 0.2) is 10.7 Å². The van der Waals surface area contributed by atoms with Crippen molar-refractivity contribution in [3.63, 3.8) is 0 Å². The van der Waals surface area contributed by atoms with E-state index in [1.165, 1.54) is 7.11 Å². The summed E-state index contributed by atoms with van der Waals surface area (Å²) in [6.45, 7) is 0. The second kappa shape index (κ2) is 4.31. The zero-order valence-corrected chi connectivity index (χ0v) is 10.1. The number of nitrogens with zero attached hydrogens (tertiary/aromatic N) is 1. The quantitative estimate of drug-likeness (QED) is 0.581. The summed E-state index contributed by atoms with van der Waals surface area (Å²) in [6.07, 6.45) is 4.16. The number of aromatic nitrogens is 1. The zero-order chi connectivity index (χ0) is 10.8. The number of aryl methyl sites for hydroxylation is 1. The van der Waals surface area contributed by atoms with Crippen molar-refractivity contribution in [2.45, 2.75) is 25.7 Å². The van der Waals surface area contributed by atoms with Gasteiger partial charge >= 0.3 is 5.97 Å². The van der Waals surface area contributed by atoms with Crippen molar-refractivity contribution in [3.05, 3.63) is 27.5 Å². The summed E-state index contributed by atoms with van der Waals surface area (Å²) < 4.78 is 5.48. The van der Waals surface area contributed by atoms with E-state index in [4.69, 9.17) is 4.74 Å². The van der Waals surface area contributed by atoms with Crippen LogP contribution in [0.25, 0.3) is 0 Å². The van der Waals surface area contributed by atoms with E-state index in [0.29, 0.717) is 10.2 Å². The van der Waals surface area contributed by atoms with Gasteiger partial charge in [-0.2, -0.15) is 0 Å². The summed E-state index contributed by atoms with van der Waals surface area (Å²) in [4.78, 5) is 16.0. The summed E-state index contributed by atoms with van der Waals surface area (Å²) in [5.41, 5.74) is 2.77. The zero-order valence-electron chi connectivity index (χ0n) is 8.55. The van der Waals surface area contributed by atoms with Crippen molar-refractivity contribution in [1.82, 2.24) is 4.98 Å². The Morgan fingerprint density at radius 1 is 1.47 bits per heavy atom. The van der Waals surface area contributed by atoms with Crippen LogP contribution in [0.2, 0.25) is 0 Å². The Labute approximate surface area is 97.0 Å². The van der Waals surface area contributed by atoms with Crippen LogP contribution in [0.3, 0.4) is 0 Å². The van der Waals surface area contributed by atoms with Gasteiger partial charge in [0.05, 0.1) is 12.7 Å². The smallest absolute Gasteiger partial charge is 0.338 e. The average Bonchev–Trinajstić information content (AvgIpc) is 2.26. The number of fused-ring (bicyclic) bond motifs is 1. The Morgan fingerprint density at radius 2 is 2.20 bits per heavy atom. The Kier molecular flexibility index (Phi) is 3.05. The summed E-state index contributed by atoms with van der Waals surface area (Å²) >= 11 is 3.32. The molecule has 80 valence electrons. The van der Waals surface area contributed by atoms with Crippen molar-refractivity contribution >= 4 is 21.9 Å². The Bertz CT molecular complexity index is 404. The Balaban J connectivity index is 2.52. The molecule has 0 unspecified atom stereocenters. The van der Waals surface area contributed by atoms with E-state index in [2.05, 4.69) is 20.9 Å². The summed E-state index contributed by atoms with van der Waals surface area (Å²) in [5.74, 6) is -0.267. The SMILES string of the molecule is COC(=O)c1cc(Br)nc2c1CCCC2. The van der Waals surface area contributed by atoms with E-state index >= 15 is 0 Å². The van der Waals surface area contributed by atoms with Crippen LogP contribution in [-0.2, 0) is 17.6 Å². The highest BCUT2D eigenvalue weighted by Crippen LogP contribution is 2.26. The van der Waals surface area contributed by atoms with Crippen LogP contribution in [0.4, 0.5) is 0 Å². The third-order valence-corrected chi connectivity index (χ3v) is 3.08. The summed E-state index contributed by atoms with van der Waals surface area (Å²) in [7, 11) is 1.41. The van der Waals surface area contributed by atoms with E-state index in [9.17, 15) is 4.79 Å². The normalized spacial score (nSPS) is 14.5. The number of methoxy groups -OCH3 is 1. The second-order valence-electron chi connectivity index (χ2n) is 3.62. The van der Waals surface area contributed by atoms with E-state index in [0.717, 1.165) is 36.9 Å². The van der Waals surface area contributed by atoms with Gasteiger partial charge in [0.2, 0.25) is 0 Å². The van der Waals surface area contributed by atoms with Gasteiger partial charge in [0.15, 0.2) is 0 Å². The molecule has 0 aliphatic heterocycles. The molecule has 0 bridgehead atoms. The summed E-state index contributed by atoms with van der Waals surface area (Å²) in [6, 6.07) is 1.75. The minimum Gasteiger partial charge on any atom is -0.465 e. The molecule has 0 fully saturated rings. The third-order valence-electron chi connectivity index (χ3n) is 2.67. The minimum absolute atomic E-state index is 0.267. The molecule has 1 aromatic rings. The Morgan fingerprint density at radius 3 is 2.93 bits per heavy atom. The number of pyridine rings is 1. The first-order valence-corrected chi connectivity index (χ1v) is 5.78. The predicted octanol–water partition coefficient (Wildman–Crippen LogP) is 2.51. The fourth-order valence-corrected chi connectivity index (χ4v) is 2.41. The molecule has 0 saturated heterocycles. The number of esters is 1. The molecule has 0 amide bonds. The number of carbonyl (C=O) groups excluding carboxylic acids is 1. The molecule has 1 aliphatic carbocycles. The molecule has 1 aromatic heterocycles. The van der Waals surface area contributed by atoms with Gasteiger partial charge in [-0.1, -0.05) is 0 Å². The molecule has 1 aliphatic rings. The molecular formula is C11H12BrNO2. The third kappa shape index (κ3) is 2.04. The van der Waals surface area contributed by atoms with Crippen molar-refractivity contribution in [3.8, 4) is 0 Å². The predicted molar refractivity (Wildman–Crippen MR) is 59.9 cm³/mol. The van der Waals surface area contributed by atoms with Crippen molar-refractivity contribution in [2.24, 2.45) is 0 Å². The van der Waals surface area contributed by atoms with Crippen LogP contribution in [0.5, 0.6) is 0 Å². The minimum atomic E-state index is -0.267. The monoisotopic (exact) mass is 269 g/mol. The maximum Gasteiger partial charge on any atom is 0.338 e. The molecule has 0 N–H and O–H groups in total. The highest BCUT2D eigenvalue weighted by Gasteiger charge is 2.20. The molecule has 15 heavy (non-hydrogen) atoms. The van der Waals surface area contributed by atoms with Gasteiger partial charge in [-0.25, -0.2) is 9.78 Å². The molecule has 0 saturated carbocycles. The highest BCUT2D eigenvalue weighted by molar-refractivity contribution is 9.10. The van der Waals surface area contributed by atoms with E-state index in [-0.39, 0.29) is 5.97 Å². The van der Waals surface area contributed by atoms with Gasteiger partial charge in [-0.15, -0.1) is 0 Å². The first-order valence-electron chi connectivity index (χ1n) is 4.99. The summed E-state index contributed by atoms with van der Waals surface area (Å²) in [5, 5.41) is 0. The fourth-order valence-electron chi connectivity index (χ4n) is 1.96. The lowest BCUT2D eigenvalue weighted by Gasteiger charge is -2.17. The first-order chi connectivity index (χ1) is 7.22. The van der Waals surface area contributed by atoms with Gasteiger partial charge in [0.1, 0.15) is 4.60 Å². The van der Waals surface area contributed by atoms with Gasteiger partial charge in [-0.05, 0) is 53.2 Å². The fraction of sp³-hybridized carbons (Fsp3) is 0.455. The maximum absolute atomic E-state index is 11.6. The molecule has 2 rings (SSSR count). The van der Waals surface area contributed by atoms with Crippen molar-refractivity contribution < 1.29 is 9.53 Å². The number of ether oxygens (including phenoxy) is 1. The van der Waals surface area contributed by atoms with Crippen molar-refractivity contribution in [2.75, 3.05) is 7.11 Å². The molecule has 0 atom stereocenters. The Hall–Kier alpha value is -0.900. The molecule has 4 heteroatoms. The van der Waals surface area contributed by atoms with Crippen LogP contribution < -0.4 is 0 Å². The molecule has 0 spiro atoms. The standard InChI is InChI=1S/C11H12BrNO2/c1-15-11(14)8-6-10(12)13-9-5-3-2-4-7(8)9/h6H,2-5H2,1H3. The molecule has 0 radical (unpaired) electrons. The van der Waals surface area contributed by atoms with E-state index in [1.807, 2.05) is 0 Å². The molecule has 0 aromatic carbocycles. The second-order valence-corrected chi connectivity index (χ2v) is 4.43. The molecule has 3 nitrogen and oxygen atoms in total. The lowest BCUT2D eigenvalue weighted by atomic mass is 9.92. The largest absolute Gasteiger partial charge is 0.465 e.